The fourth-order valence-corrected chi connectivity index (χ4v) is 6.37. The number of para-hydroxylation sites is 1. The molecule has 13 heteroatoms. The number of nitrogens with zero attached hydrogens (tertiary/aromatic N) is 3. The quantitative estimate of drug-likeness (QED) is 0.517. The van der Waals surface area contributed by atoms with Gasteiger partial charge in [-0.1, -0.05) is 23.7 Å². The van der Waals surface area contributed by atoms with Gasteiger partial charge >= 0.3 is 18.4 Å². The minimum Gasteiger partial charge on any atom is -0.426 e. The van der Waals surface area contributed by atoms with Crippen LogP contribution in [0.5, 0.6) is 0 Å². The summed E-state index contributed by atoms with van der Waals surface area (Å²) in [6.07, 6.45) is -15.1. The van der Waals surface area contributed by atoms with Gasteiger partial charge in [-0.25, -0.2) is 4.79 Å². The number of hydrogen-bond donors (Lipinski definition) is 0. The van der Waals surface area contributed by atoms with Gasteiger partial charge < -0.3 is 19.3 Å². The van der Waals surface area contributed by atoms with Gasteiger partial charge in [-0.15, -0.1) is 0 Å². The largest absolute Gasteiger partial charge is 0.434 e. The van der Waals surface area contributed by atoms with Crippen LogP contribution in [-0.4, -0.2) is 85.8 Å². The van der Waals surface area contributed by atoms with Crippen molar-refractivity contribution < 1.29 is 40.6 Å². The SMILES string of the molecule is O=C(OC(C(F)(F)F)C(F)(F)F)N1CC2CN(Cc3cccc(Cl)c3N3C4CCC3COC4)CC2C1. The average molecular weight is 542 g/mol. The van der Waals surface area contributed by atoms with Gasteiger partial charge in [0.25, 0.3) is 6.10 Å². The number of fused-ring (bicyclic) bond motifs is 3. The Labute approximate surface area is 209 Å². The first-order valence-electron chi connectivity index (χ1n) is 11.9. The maximum atomic E-state index is 12.8. The Morgan fingerprint density at radius 2 is 1.58 bits per heavy atom. The third kappa shape index (κ3) is 4.96. The molecule has 1 aromatic carbocycles. The van der Waals surface area contributed by atoms with Gasteiger partial charge in [0.15, 0.2) is 0 Å². The molecule has 6 nitrogen and oxygen atoms in total. The third-order valence-corrected chi connectivity index (χ3v) is 7.90. The van der Waals surface area contributed by atoms with E-state index in [-0.39, 0.29) is 37.0 Å². The number of morpholine rings is 1. The molecule has 0 radical (unpaired) electrons. The van der Waals surface area contributed by atoms with E-state index in [2.05, 4.69) is 14.5 Å². The summed E-state index contributed by atoms with van der Waals surface area (Å²) in [5.74, 6) is -0.120. The Morgan fingerprint density at radius 3 is 2.14 bits per heavy atom. The van der Waals surface area contributed by atoms with Crippen molar-refractivity contribution in [3.05, 3.63) is 28.8 Å². The predicted molar refractivity (Wildman–Crippen MR) is 118 cm³/mol. The number of carbonyl (C=O) groups excluding carboxylic acids is 1. The molecule has 4 unspecified atom stereocenters. The standard InChI is InChI=1S/C23H26ClF6N3O3/c24-18-3-1-2-13(19(18)33-16-4-5-17(33)12-35-11-16)6-31-7-14-9-32(10-15(14)8-31)21(34)36-20(22(25,26)27)23(28,29)30/h1-3,14-17,20H,4-12H2. The van der Waals surface area contributed by atoms with Gasteiger partial charge in [0.05, 0.1) is 36.0 Å². The topological polar surface area (TPSA) is 45.2 Å². The van der Waals surface area contributed by atoms with E-state index in [0.29, 0.717) is 37.9 Å². The molecule has 0 aromatic heterocycles. The van der Waals surface area contributed by atoms with E-state index in [9.17, 15) is 31.1 Å². The van der Waals surface area contributed by atoms with Crippen LogP contribution >= 0.6 is 11.6 Å². The lowest BCUT2D eigenvalue weighted by molar-refractivity contribution is -0.308. The fraction of sp³-hybridized carbons (Fsp3) is 0.696. The summed E-state index contributed by atoms with van der Waals surface area (Å²) in [6.45, 7) is 3.16. The number of anilines is 1. The van der Waals surface area contributed by atoms with E-state index in [1.54, 1.807) is 0 Å². The Morgan fingerprint density at radius 1 is 1.00 bits per heavy atom. The molecule has 4 aliphatic heterocycles. The Kier molecular flexibility index (Phi) is 6.74. The molecule has 4 heterocycles. The molecular weight excluding hydrogens is 516 g/mol. The highest BCUT2D eigenvalue weighted by Crippen LogP contribution is 2.42. The number of halogens is 7. The number of benzene rings is 1. The molecule has 0 N–H and O–H groups in total. The number of carbonyl (C=O) groups is 1. The molecule has 200 valence electrons. The molecule has 5 rings (SSSR count). The number of alkyl halides is 6. The Hall–Kier alpha value is -1.92. The van der Waals surface area contributed by atoms with Crippen LogP contribution in [-0.2, 0) is 16.0 Å². The summed E-state index contributed by atoms with van der Waals surface area (Å²) < 4.78 is 86.1. The molecule has 4 saturated heterocycles. The van der Waals surface area contributed by atoms with Gasteiger partial charge in [0.1, 0.15) is 0 Å². The second-order valence-electron chi connectivity index (χ2n) is 10.0. The first kappa shape index (κ1) is 25.7. The van der Waals surface area contributed by atoms with Crippen molar-refractivity contribution in [3.63, 3.8) is 0 Å². The zero-order valence-corrected chi connectivity index (χ0v) is 20.0. The van der Waals surface area contributed by atoms with E-state index in [0.717, 1.165) is 29.0 Å². The molecule has 4 fully saturated rings. The number of hydrogen-bond acceptors (Lipinski definition) is 5. The summed E-state index contributed by atoms with van der Waals surface area (Å²) in [5, 5.41) is 0.670. The van der Waals surface area contributed by atoms with Gasteiger partial charge in [0.2, 0.25) is 0 Å². The van der Waals surface area contributed by atoms with E-state index < -0.39 is 24.5 Å². The van der Waals surface area contributed by atoms with Crippen LogP contribution < -0.4 is 4.90 Å². The Bertz CT molecular complexity index is 949. The number of likely N-dealkylation sites (tertiary alicyclic amines) is 2. The minimum absolute atomic E-state index is 0.0540. The molecule has 4 atom stereocenters. The molecule has 0 aliphatic carbocycles. The number of ether oxygens (including phenoxy) is 2. The smallest absolute Gasteiger partial charge is 0.426 e. The molecule has 36 heavy (non-hydrogen) atoms. The molecular formula is C23H26ClF6N3O3. The van der Waals surface area contributed by atoms with E-state index >= 15 is 0 Å². The van der Waals surface area contributed by atoms with Crippen LogP contribution in [0, 0.1) is 11.8 Å². The molecule has 2 bridgehead atoms. The van der Waals surface area contributed by atoms with Gasteiger partial charge in [0, 0.05) is 32.7 Å². The second kappa shape index (κ2) is 9.43. The molecule has 4 aliphatic rings. The minimum atomic E-state index is -5.73. The Balaban J connectivity index is 1.22. The van der Waals surface area contributed by atoms with Crippen molar-refractivity contribution in [3.8, 4) is 0 Å². The summed E-state index contributed by atoms with van der Waals surface area (Å²) >= 11 is 6.64. The van der Waals surface area contributed by atoms with Crippen LogP contribution in [0.25, 0.3) is 0 Å². The van der Waals surface area contributed by atoms with E-state index in [4.69, 9.17) is 16.3 Å². The van der Waals surface area contributed by atoms with Crippen LogP contribution in [0.15, 0.2) is 18.2 Å². The lowest BCUT2D eigenvalue weighted by Gasteiger charge is -2.38. The second-order valence-corrected chi connectivity index (χ2v) is 10.5. The maximum Gasteiger partial charge on any atom is 0.434 e. The highest BCUT2D eigenvalue weighted by atomic mass is 35.5. The van der Waals surface area contributed by atoms with Crippen molar-refractivity contribution in [1.82, 2.24) is 9.80 Å². The third-order valence-electron chi connectivity index (χ3n) is 7.60. The van der Waals surface area contributed by atoms with Crippen molar-refractivity contribution in [2.75, 3.05) is 44.3 Å². The summed E-state index contributed by atoms with van der Waals surface area (Å²) in [6, 6.07) is 6.35. The number of rotatable bonds is 4. The van der Waals surface area contributed by atoms with Gasteiger partial charge in [-0.05, 0) is 36.3 Å². The van der Waals surface area contributed by atoms with E-state index in [1.807, 2.05) is 18.2 Å². The monoisotopic (exact) mass is 541 g/mol. The van der Waals surface area contributed by atoms with Crippen LogP contribution in [0.4, 0.5) is 36.8 Å². The van der Waals surface area contributed by atoms with E-state index in [1.165, 1.54) is 0 Å². The zero-order chi connectivity index (χ0) is 25.8. The predicted octanol–water partition coefficient (Wildman–Crippen LogP) is 4.70. The van der Waals surface area contributed by atoms with Gasteiger partial charge in [-0.2, -0.15) is 26.3 Å². The van der Waals surface area contributed by atoms with Crippen molar-refractivity contribution >= 4 is 23.4 Å². The number of amides is 1. The summed E-state index contributed by atoms with van der Waals surface area (Å²) in [7, 11) is 0. The molecule has 0 saturated carbocycles. The van der Waals surface area contributed by atoms with Gasteiger partial charge in [-0.3, -0.25) is 4.90 Å². The highest BCUT2D eigenvalue weighted by Gasteiger charge is 2.60. The highest BCUT2D eigenvalue weighted by molar-refractivity contribution is 6.33. The van der Waals surface area contributed by atoms with Crippen LogP contribution in [0.1, 0.15) is 18.4 Å². The average Bonchev–Trinajstić information content (AvgIpc) is 3.39. The fourth-order valence-electron chi connectivity index (χ4n) is 6.07. The molecule has 1 amide bonds. The van der Waals surface area contributed by atoms with Crippen LogP contribution in [0.3, 0.4) is 0 Å². The first-order valence-corrected chi connectivity index (χ1v) is 12.2. The maximum absolute atomic E-state index is 12.8. The molecule has 0 spiro atoms. The van der Waals surface area contributed by atoms with Crippen molar-refractivity contribution in [2.24, 2.45) is 11.8 Å². The van der Waals surface area contributed by atoms with Crippen LogP contribution in [0.2, 0.25) is 5.02 Å². The lowest BCUT2D eigenvalue weighted by Crippen LogP contribution is -2.48. The summed E-state index contributed by atoms with van der Waals surface area (Å²) in [4.78, 5) is 17.7. The lowest BCUT2D eigenvalue weighted by atomic mass is 10.0. The zero-order valence-electron chi connectivity index (χ0n) is 19.2. The molecule has 1 aromatic rings. The summed E-state index contributed by atoms with van der Waals surface area (Å²) in [5.41, 5.74) is 2.07. The normalized spacial score (nSPS) is 28.8. The first-order chi connectivity index (χ1) is 16.9. The van der Waals surface area contributed by atoms with Crippen molar-refractivity contribution in [1.29, 1.82) is 0 Å². The van der Waals surface area contributed by atoms with Crippen molar-refractivity contribution in [2.45, 2.75) is 49.9 Å².